The van der Waals surface area contributed by atoms with Gasteiger partial charge in [-0.1, -0.05) is 47.7 Å². The van der Waals surface area contributed by atoms with Crippen molar-refractivity contribution in [2.24, 2.45) is 4.99 Å². The highest BCUT2D eigenvalue weighted by atomic mass is 32.1. The lowest BCUT2D eigenvalue weighted by molar-refractivity contribution is -0.113. The molecule has 1 aliphatic heterocycles. The summed E-state index contributed by atoms with van der Waals surface area (Å²) in [6.45, 7) is 1.39. The fourth-order valence-corrected chi connectivity index (χ4v) is 3.60. The van der Waals surface area contributed by atoms with Gasteiger partial charge in [0.1, 0.15) is 17.5 Å². The van der Waals surface area contributed by atoms with Crippen LogP contribution in [0.25, 0.3) is 15.9 Å². The fourth-order valence-electron chi connectivity index (χ4n) is 2.76. The minimum absolute atomic E-state index is 0.0990. The molecule has 0 saturated carbocycles. The SMILES string of the molecule is CC(=O)/C(C#N)=C1\N/C(=N\c2nc3ccccc3s2)c2ccccc21. The smallest absolute Gasteiger partial charge is 0.212 e. The van der Waals surface area contributed by atoms with E-state index in [0.717, 1.165) is 21.3 Å². The number of hydrogen-bond donors (Lipinski definition) is 1. The average molecular weight is 344 g/mol. The molecule has 4 rings (SSSR count). The Morgan fingerprint density at radius 3 is 2.60 bits per heavy atom. The van der Waals surface area contributed by atoms with Gasteiger partial charge in [-0.25, -0.2) is 9.98 Å². The Bertz CT molecular complexity index is 1080. The van der Waals surface area contributed by atoms with Gasteiger partial charge in [-0.3, -0.25) is 4.79 Å². The maximum absolute atomic E-state index is 11.8. The van der Waals surface area contributed by atoms with Crippen LogP contribution in [0.2, 0.25) is 0 Å². The maximum Gasteiger partial charge on any atom is 0.212 e. The minimum Gasteiger partial charge on any atom is -0.338 e. The van der Waals surface area contributed by atoms with Gasteiger partial charge >= 0.3 is 0 Å². The van der Waals surface area contributed by atoms with Crippen molar-refractivity contribution in [3.05, 3.63) is 65.2 Å². The molecular weight excluding hydrogens is 332 g/mol. The standard InChI is InChI=1S/C19H12N4OS/c1-11(24)14(10-20)17-12-6-2-3-7-13(12)18(22-17)23-19-21-15-8-4-5-9-16(15)25-19/h2-9H,1H3,(H,21,22,23)/b17-14-. The van der Waals surface area contributed by atoms with Crippen molar-refractivity contribution >= 4 is 44.0 Å². The summed E-state index contributed by atoms with van der Waals surface area (Å²) < 4.78 is 1.06. The van der Waals surface area contributed by atoms with Gasteiger partial charge in [0.15, 0.2) is 5.78 Å². The Labute approximate surface area is 148 Å². The molecule has 0 saturated heterocycles. The van der Waals surface area contributed by atoms with E-state index < -0.39 is 0 Å². The molecular formula is C19H12N4OS. The number of aliphatic imine (C=N–C) groups is 1. The van der Waals surface area contributed by atoms with Crippen LogP contribution >= 0.6 is 11.3 Å². The molecule has 25 heavy (non-hydrogen) atoms. The van der Waals surface area contributed by atoms with Gasteiger partial charge in [0.2, 0.25) is 5.13 Å². The number of carbonyl (C=O) groups is 1. The third kappa shape index (κ3) is 2.61. The number of allylic oxidation sites excluding steroid dienone is 1. The summed E-state index contributed by atoms with van der Waals surface area (Å²) in [5.41, 5.74) is 3.16. The van der Waals surface area contributed by atoms with Crippen molar-refractivity contribution < 1.29 is 4.79 Å². The summed E-state index contributed by atoms with van der Waals surface area (Å²) >= 11 is 1.49. The second-order valence-corrected chi connectivity index (χ2v) is 6.52. The predicted molar refractivity (Wildman–Crippen MR) is 98.6 cm³/mol. The minimum atomic E-state index is -0.277. The Balaban J connectivity index is 1.87. The summed E-state index contributed by atoms with van der Waals surface area (Å²) in [6, 6.07) is 17.4. The van der Waals surface area contributed by atoms with Gasteiger partial charge in [-0.15, -0.1) is 0 Å². The van der Waals surface area contributed by atoms with E-state index in [1.807, 2.05) is 54.6 Å². The number of carbonyl (C=O) groups excluding carboxylic acids is 1. The van der Waals surface area contributed by atoms with Gasteiger partial charge in [0.25, 0.3) is 0 Å². The van der Waals surface area contributed by atoms with E-state index in [4.69, 9.17) is 0 Å². The van der Waals surface area contributed by atoms with Crippen LogP contribution in [0.3, 0.4) is 0 Å². The lowest BCUT2D eigenvalue weighted by Gasteiger charge is -2.02. The highest BCUT2D eigenvalue weighted by Crippen LogP contribution is 2.32. The van der Waals surface area contributed by atoms with Gasteiger partial charge in [0, 0.05) is 11.1 Å². The van der Waals surface area contributed by atoms with Crippen molar-refractivity contribution in [1.82, 2.24) is 10.3 Å². The van der Waals surface area contributed by atoms with Crippen molar-refractivity contribution in [3.8, 4) is 6.07 Å². The predicted octanol–water partition coefficient (Wildman–Crippen LogP) is 3.80. The first-order valence-electron chi connectivity index (χ1n) is 7.64. The molecule has 0 atom stereocenters. The number of nitrogens with one attached hydrogen (secondary N) is 1. The summed E-state index contributed by atoms with van der Waals surface area (Å²) in [6.07, 6.45) is 0. The topological polar surface area (TPSA) is 78.1 Å². The molecule has 0 fully saturated rings. The van der Waals surface area contributed by atoms with Crippen LogP contribution in [0.15, 0.2) is 59.1 Å². The number of hydrogen-bond acceptors (Lipinski definition) is 5. The Kier molecular flexibility index (Phi) is 3.64. The summed E-state index contributed by atoms with van der Waals surface area (Å²) in [4.78, 5) is 20.9. The number of benzene rings is 2. The molecule has 3 aromatic rings. The Morgan fingerprint density at radius 1 is 1.16 bits per heavy atom. The van der Waals surface area contributed by atoms with E-state index in [9.17, 15) is 10.1 Å². The number of nitriles is 1. The number of thiazole rings is 1. The molecule has 6 heteroatoms. The number of rotatable bonds is 2. The zero-order chi connectivity index (χ0) is 17.4. The number of nitrogens with zero attached hydrogens (tertiary/aromatic N) is 3. The number of Topliss-reactive ketones (excluding diaryl/α,β-unsaturated/α-hetero) is 1. The van der Waals surface area contributed by atoms with Crippen molar-refractivity contribution in [1.29, 1.82) is 5.26 Å². The van der Waals surface area contributed by atoms with Crippen LogP contribution < -0.4 is 5.32 Å². The number of fused-ring (bicyclic) bond motifs is 2. The van der Waals surface area contributed by atoms with Crippen LogP contribution in [-0.4, -0.2) is 16.6 Å². The second-order valence-electron chi connectivity index (χ2n) is 5.51. The molecule has 2 aromatic carbocycles. The summed E-state index contributed by atoms with van der Waals surface area (Å²) in [5, 5.41) is 13.1. The third-order valence-electron chi connectivity index (χ3n) is 3.90. The van der Waals surface area contributed by atoms with Crippen LogP contribution in [0.5, 0.6) is 0 Å². The zero-order valence-electron chi connectivity index (χ0n) is 13.3. The van der Waals surface area contributed by atoms with Gasteiger partial charge in [0.05, 0.1) is 15.9 Å². The van der Waals surface area contributed by atoms with Crippen LogP contribution in [0.4, 0.5) is 5.13 Å². The molecule has 1 aliphatic rings. The van der Waals surface area contributed by atoms with Crippen molar-refractivity contribution in [3.63, 3.8) is 0 Å². The van der Waals surface area contributed by atoms with Crippen LogP contribution in [0, 0.1) is 11.3 Å². The molecule has 2 heterocycles. The number of amidine groups is 1. The highest BCUT2D eigenvalue weighted by Gasteiger charge is 2.26. The first kappa shape index (κ1) is 15.2. The van der Waals surface area contributed by atoms with Crippen molar-refractivity contribution in [2.75, 3.05) is 0 Å². The maximum atomic E-state index is 11.8. The molecule has 5 nitrogen and oxygen atoms in total. The molecule has 0 aliphatic carbocycles. The number of para-hydroxylation sites is 1. The summed E-state index contributed by atoms with van der Waals surface area (Å²) in [7, 11) is 0. The van der Waals surface area contributed by atoms with Gasteiger partial charge < -0.3 is 5.32 Å². The van der Waals surface area contributed by atoms with E-state index in [0.29, 0.717) is 16.7 Å². The first-order valence-corrected chi connectivity index (χ1v) is 8.45. The Morgan fingerprint density at radius 2 is 1.88 bits per heavy atom. The second kappa shape index (κ2) is 5.96. The van der Waals surface area contributed by atoms with Gasteiger partial charge in [-0.05, 0) is 19.1 Å². The Hall–Kier alpha value is -3.30. The first-order chi connectivity index (χ1) is 12.2. The molecule has 1 N–H and O–H groups in total. The van der Waals surface area contributed by atoms with E-state index in [1.165, 1.54) is 18.3 Å². The highest BCUT2D eigenvalue weighted by molar-refractivity contribution is 7.22. The molecule has 0 amide bonds. The lowest BCUT2D eigenvalue weighted by Crippen LogP contribution is -2.16. The normalized spacial score (nSPS) is 16.4. The van der Waals surface area contributed by atoms with E-state index in [1.54, 1.807) is 0 Å². The molecule has 0 unspecified atom stereocenters. The van der Waals surface area contributed by atoms with E-state index >= 15 is 0 Å². The molecule has 1 aromatic heterocycles. The number of ketones is 1. The van der Waals surface area contributed by atoms with E-state index in [-0.39, 0.29) is 11.4 Å². The summed E-state index contributed by atoms with van der Waals surface area (Å²) in [5.74, 6) is 0.319. The van der Waals surface area contributed by atoms with Gasteiger partial charge in [-0.2, -0.15) is 5.26 Å². The fraction of sp³-hybridized carbons (Fsp3) is 0.0526. The molecule has 0 bridgehead atoms. The van der Waals surface area contributed by atoms with Crippen LogP contribution in [0.1, 0.15) is 18.1 Å². The monoisotopic (exact) mass is 344 g/mol. The van der Waals surface area contributed by atoms with E-state index in [2.05, 4.69) is 15.3 Å². The molecule has 0 radical (unpaired) electrons. The molecule has 120 valence electrons. The molecule has 0 spiro atoms. The van der Waals surface area contributed by atoms with Crippen molar-refractivity contribution in [2.45, 2.75) is 6.92 Å². The zero-order valence-corrected chi connectivity index (χ0v) is 14.1. The quantitative estimate of drug-likeness (QED) is 0.566. The van der Waals surface area contributed by atoms with Crippen LogP contribution in [-0.2, 0) is 4.79 Å². The number of aromatic nitrogens is 1. The third-order valence-corrected chi connectivity index (χ3v) is 4.83. The average Bonchev–Trinajstić information content (AvgIpc) is 3.17. The lowest BCUT2D eigenvalue weighted by atomic mass is 10.0. The largest absolute Gasteiger partial charge is 0.338 e.